The molecule has 0 atom stereocenters. The lowest BCUT2D eigenvalue weighted by molar-refractivity contribution is 0.436. The average molecular weight is 968 g/mol. The molecule has 0 saturated heterocycles. The summed E-state index contributed by atoms with van der Waals surface area (Å²) in [7, 11) is 0. The number of benzene rings is 13. The normalized spacial score (nSPS) is 12.9. The molecule has 0 saturated carbocycles. The summed E-state index contributed by atoms with van der Waals surface area (Å²) >= 11 is 0. The summed E-state index contributed by atoms with van der Waals surface area (Å²) in [6, 6.07) is 99.3. The van der Waals surface area contributed by atoms with Crippen molar-refractivity contribution >= 4 is 71.3 Å². The van der Waals surface area contributed by atoms with Crippen molar-refractivity contribution in [3.05, 3.63) is 295 Å². The van der Waals surface area contributed by atoms with Gasteiger partial charge in [-0.1, -0.05) is 212 Å². The van der Waals surface area contributed by atoms with E-state index in [1.807, 2.05) is 0 Å². The van der Waals surface area contributed by atoms with Crippen LogP contribution in [0.3, 0.4) is 0 Å². The van der Waals surface area contributed by atoms with Gasteiger partial charge in [-0.3, -0.25) is 0 Å². The number of furan rings is 1. The van der Waals surface area contributed by atoms with E-state index >= 15 is 0 Å². The summed E-state index contributed by atoms with van der Waals surface area (Å²) in [5.74, 6) is 1.79. The van der Waals surface area contributed by atoms with Crippen LogP contribution in [0.1, 0.15) is 22.3 Å². The Balaban J connectivity index is 0.865. The molecule has 0 unspecified atom stereocenters. The second-order valence-electron chi connectivity index (χ2n) is 20.2. The lowest BCUT2D eigenvalue weighted by Crippen LogP contribution is -2.32. The lowest BCUT2D eigenvalue weighted by atomic mass is 9.66. The molecule has 354 valence electrons. The molecule has 1 spiro atoms. The van der Waals surface area contributed by atoms with Crippen LogP contribution < -0.4 is 9.64 Å². The van der Waals surface area contributed by atoms with E-state index in [1.165, 1.54) is 60.5 Å². The van der Waals surface area contributed by atoms with Gasteiger partial charge in [-0.25, -0.2) is 0 Å². The van der Waals surface area contributed by atoms with E-state index in [9.17, 15) is 0 Å². The van der Waals surface area contributed by atoms with E-state index in [0.29, 0.717) is 0 Å². The molecule has 2 aliphatic rings. The minimum absolute atomic E-state index is 0.542. The molecular weight excluding hydrogens is 923 g/mol. The van der Waals surface area contributed by atoms with Crippen molar-refractivity contribution in [2.45, 2.75) is 5.41 Å². The fourth-order valence-electron chi connectivity index (χ4n) is 13.0. The quantitative estimate of drug-likeness (QED) is 0.155. The van der Waals surface area contributed by atoms with Crippen LogP contribution in [0.5, 0.6) is 11.5 Å². The monoisotopic (exact) mass is 967 g/mol. The Morgan fingerprint density at radius 2 is 0.803 bits per heavy atom. The minimum Gasteiger partial charge on any atom is -0.457 e. The molecule has 1 aromatic heterocycles. The molecule has 1 aliphatic carbocycles. The number of hydrogen-bond acceptors (Lipinski definition) is 3. The smallest absolute Gasteiger partial charge is 0.143 e. The third kappa shape index (κ3) is 6.17. The number of nitrogens with zero attached hydrogens (tertiary/aromatic N) is 1. The van der Waals surface area contributed by atoms with Gasteiger partial charge in [-0.15, -0.1) is 0 Å². The van der Waals surface area contributed by atoms with Gasteiger partial charge in [0.25, 0.3) is 0 Å². The second kappa shape index (κ2) is 16.5. The van der Waals surface area contributed by atoms with Crippen LogP contribution in [0.2, 0.25) is 0 Å². The molecule has 13 aromatic carbocycles. The zero-order chi connectivity index (χ0) is 49.9. The van der Waals surface area contributed by atoms with Gasteiger partial charge < -0.3 is 14.1 Å². The number of para-hydroxylation sites is 3. The first-order valence-electron chi connectivity index (χ1n) is 26.1. The largest absolute Gasteiger partial charge is 0.457 e. The second-order valence-corrected chi connectivity index (χ2v) is 20.2. The standard InChI is InChI=1S/C73H45NO2/c1-2-16-46(17-3-1)56-24-14-25-59-60-43-37-49-36-42-53(45-63(49)72(60)76-71(56)59)74(52-40-34-48(35-41-52)62-44-50-18-4-5-19-54(50)57-20-6-7-21-58(57)62)51-38-32-47(33-39-51)55-23-15-29-67-70(55)61-22-8-9-26-64(61)73(67)65-27-10-12-30-68(65)75-69-31-13-11-28-66(69)73/h1-45H. The van der Waals surface area contributed by atoms with Gasteiger partial charge >= 0.3 is 0 Å². The van der Waals surface area contributed by atoms with E-state index in [4.69, 9.17) is 9.15 Å². The first kappa shape index (κ1) is 42.5. The molecular formula is C73H45NO2. The fourth-order valence-corrected chi connectivity index (χ4v) is 13.0. The number of rotatable bonds is 6. The van der Waals surface area contributed by atoms with Crippen molar-refractivity contribution < 1.29 is 9.15 Å². The van der Waals surface area contributed by atoms with Gasteiger partial charge in [0.15, 0.2) is 0 Å². The van der Waals surface area contributed by atoms with Crippen molar-refractivity contribution in [2.75, 3.05) is 4.90 Å². The molecule has 16 rings (SSSR count). The van der Waals surface area contributed by atoms with Crippen LogP contribution in [-0.2, 0) is 5.41 Å². The molecule has 0 N–H and O–H groups in total. The topological polar surface area (TPSA) is 25.6 Å². The van der Waals surface area contributed by atoms with E-state index in [-0.39, 0.29) is 0 Å². The molecule has 3 heteroatoms. The van der Waals surface area contributed by atoms with Crippen molar-refractivity contribution in [1.29, 1.82) is 0 Å². The highest BCUT2D eigenvalue weighted by Gasteiger charge is 2.51. The third-order valence-electron chi connectivity index (χ3n) is 16.3. The molecule has 2 heterocycles. The van der Waals surface area contributed by atoms with E-state index in [0.717, 1.165) is 89.1 Å². The molecule has 0 radical (unpaired) electrons. The highest BCUT2D eigenvalue weighted by Crippen LogP contribution is 2.63. The maximum Gasteiger partial charge on any atom is 0.143 e. The Morgan fingerprint density at radius 3 is 1.57 bits per heavy atom. The molecule has 0 fully saturated rings. The Kier molecular flexibility index (Phi) is 9.25. The summed E-state index contributed by atoms with van der Waals surface area (Å²) in [5.41, 5.74) is 18.7. The summed E-state index contributed by atoms with van der Waals surface area (Å²) in [5, 5.41) is 9.40. The Bertz CT molecular complexity index is 4620. The molecule has 3 nitrogen and oxygen atoms in total. The SMILES string of the molecule is c1ccc(-c2cccc3c2oc2c4cc(N(c5ccc(-c6cccc7c6-c6ccccc6C76c7ccccc7Oc7ccccc76)cc5)c5ccc(-c6cc7ccccc7c7ccccc67)cc5)ccc4ccc32)cc1. The number of anilines is 3. The molecule has 0 bridgehead atoms. The number of fused-ring (bicyclic) bond motifs is 17. The first-order chi connectivity index (χ1) is 37.7. The Labute approximate surface area is 439 Å². The van der Waals surface area contributed by atoms with E-state index in [2.05, 4.69) is 278 Å². The predicted octanol–water partition coefficient (Wildman–Crippen LogP) is 20.0. The van der Waals surface area contributed by atoms with Gasteiger partial charge in [0.1, 0.15) is 22.7 Å². The van der Waals surface area contributed by atoms with Crippen molar-refractivity contribution in [1.82, 2.24) is 0 Å². The van der Waals surface area contributed by atoms with Crippen LogP contribution in [-0.4, -0.2) is 0 Å². The predicted molar refractivity (Wildman–Crippen MR) is 315 cm³/mol. The van der Waals surface area contributed by atoms with Crippen LogP contribution in [0.15, 0.2) is 277 Å². The maximum atomic E-state index is 7.01. The molecule has 76 heavy (non-hydrogen) atoms. The Hall–Kier alpha value is -9.96. The number of hydrogen-bond donors (Lipinski definition) is 0. The van der Waals surface area contributed by atoms with Gasteiger partial charge in [-0.2, -0.15) is 0 Å². The minimum atomic E-state index is -0.542. The lowest BCUT2D eigenvalue weighted by Gasteiger charge is -2.39. The summed E-state index contributed by atoms with van der Waals surface area (Å²) in [6.45, 7) is 0. The Morgan fingerprint density at radius 1 is 0.276 bits per heavy atom. The van der Waals surface area contributed by atoms with Gasteiger partial charge in [0.2, 0.25) is 0 Å². The fraction of sp³-hybridized carbons (Fsp3) is 0.0137. The van der Waals surface area contributed by atoms with Gasteiger partial charge in [0.05, 0.1) is 5.41 Å². The van der Waals surface area contributed by atoms with Crippen molar-refractivity contribution in [3.63, 3.8) is 0 Å². The van der Waals surface area contributed by atoms with Crippen LogP contribution in [0.25, 0.3) is 98.8 Å². The highest BCUT2D eigenvalue weighted by atomic mass is 16.5. The third-order valence-corrected chi connectivity index (χ3v) is 16.3. The first-order valence-corrected chi connectivity index (χ1v) is 26.1. The van der Waals surface area contributed by atoms with Gasteiger partial charge in [0, 0.05) is 49.9 Å². The highest BCUT2D eigenvalue weighted by molar-refractivity contribution is 6.18. The summed E-state index contributed by atoms with van der Waals surface area (Å²) in [4.78, 5) is 2.39. The molecule has 14 aromatic rings. The molecule has 0 amide bonds. The van der Waals surface area contributed by atoms with Gasteiger partial charge in [-0.05, 0) is 138 Å². The zero-order valence-electron chi connectivity index (χ0n) is 41.2. The molecule has 1 aliphatic heterocycles. The van der Waals surface area contributed by atoms with Crippen LogP contribution in [0, 0.1) is 0 Å². The summed E-state index contributed by atoms with van der Waals surface area (Å²) in [6.07, 6.45) is 0. The van der Waals surface area contributed by atoms with Crippen LogP contribution >= 0.6 is 0 Å². The maximum absolute atomic E-state index is 7.01. The van der Waals surface area contributed by atoms with E-state index in [1.54, 1.807) is 0 Å². The van der Waals surface area contributed by atoms with E-state index < -0.39 is 5.41 Å². The van der Waals surface area contributed by atoms with Crippen molar-refractivity contribution in [3.8, 4) is 56.0 Å². The summed E-state index contributed by atoms with van der Waals surface area (Å²) < 4.78 is 13.7. The average Bonchev–Trinajstić information content (AvgIpc) is 4.06. The van der Waals surface area contributed by atoms with Crippen molar-refractivity contribution in [2.24, 2.45) is 0 Å². The zero-order valence-corrected chi connectivity index (χ0v) is 41.2. The van der Waals surface area contributed by atoms with Crippen LogP contribution in [0.4, 0.5) is 17.1 Å². The number of ether oxygens (including phenoxy) is 1.